The van der Waals surface area contributed by atoms with Gasteiger partial charge in [-0.2, -0.15) is 5.26 Å². The maximum atomic E-state index is 13.0. The minimum absolute atomic E-state index is 0.00332. The third-order valence-electron chi connectivity index (χ3n) is 4.61. The topological polar surface area (TPSA) is 109 Å². The average molecular weight is 388 g/mol. The molecule has 0 aliphatic heterocycles. The molecule has 0 aliphatic carbocycles. The Bertz CT molecular complexity index is 1360. The molecule has 8 heteroatoms. The summed E-state index contributed by atoms with van der Waals surface area (Å²) < 4.78 is 11.8. The first-order chi connectivity index (χ1) is 14.1. The van der Waals surface area contributed by atoms with Crippen molar-refractivity contribution in [3.8, 4) is 17.6 Å². The molecule has 0 spiro atoms. The second-order valence-corrected chi connectivity index (χ2v) is 6.24. The lowest BCUT2D eigenvalue weighted by molar-refractivity contribution is 0.102. The number of anilines is 1. The van der Waals surface area contributed by atoms with Crippen LogP contribution in [-0.4, -0.2) is 29.5 Å². The third kappa shape index (κ3) is 2.95. The van der Waals surface area contributed by atoms with Crippen molar-refractivity contribution < 1.29 is 14.3 Å². The normalized spacial score (nSPS) is 10.7. The van der Waals surface area contributed by atoms with Crippen molar-refractivity contribution in [2.45, 2.75) is 0 Å². The van der Waals surface area contributed by atoms with Crippen LogP contribution in [0.1, 0.15) is 15.9 Å². The van der Waals surface area contributed by atoms with Crippen LogP contribution in [0, 0.1) is 11.3 Å². The zero-order chi connectivity index (χ0) is 20.5. The third-order valence-corrected chi connectivity index (χ3v) is 4.61. The van der Waals surface area contributed by atoms with Gasteiger partial charge in [0.2, 0.25) is 0 Å². The van der Waals surface area contributed by atoms with Gasteiger partial charge in [0.1, 0.15) is 17.4 Å². The molecule has 1 amide bonds. The SMILES string of the molecule is COc1ccc(C(=O)Nc2cc(C#N)c3[nH]c4ccccc4n3c2=O)cc1OC. The summed E-state index contributed by atoms with van der Waals surface area (Å²) in [6, 6.07) is 15.3. The molecule has 0 atom stereocenters. The Morgan fingerprint density at radius 3 is 2.59 bits per heavy atom. The number of nitrogens with one attached hydrogen (secondary N) is 2. The quantitative estimate of drug-likeness (QED) is 0.559. The second kappa shape index (κ2) is 7.05. The number of ether oxygens (including phenoxy) is 2. The Hall–Kier alpha value is -4.25. The molecule has 0 radical (unpaired) electrons. The summed E-state index contributed by atoms with van der Waals surface area (Å²) in [4.78, 5) is 28.8. The van der Waals surface area contributed by atoms with E-state index in [2.05, 4.69) is 16.4 Å². The highest BCUT2D eigenvalue weighted by molar-refractivity contribution is 6.05. The predicted molar refractivity (Wildman–Crippen MR) is 108 cm³/mol. The van der Waals surface area contributed by atoms with Gasteiger partial charge in [0.25, 0.3) is 11.5 Å². The molecule has 2 N–H and O–H groups in total. The van der Waals surface area contributed by atoms with Gasteiger partial charge in [0.05, 0.1) is 30.8 Å². The lowest BCUT2D eigenvalue weighted by Crippen LogP contribution is -2.23. The molecule has 144 valence electrons. The van der Waals surface area contributed by atoms with E-state index < -0.39 is 11.5 Å². The van der Waals surface area contributed by atoms with Gasteiger partial charge in [-0.15, -0.1) is 0 Å². The van der Waals surface area contributed by atoms with E-state index in [0.29, 0.717) is 28.2 Å². The van der Waals surface area contributed by atoms with Gasteiger partial charge in [0.15, 0.2) is 11.5 Å². The van der Waals surface area contributed by atoms with Gasteiger partial charge in [-0.1, -0.05) is 12.1 Å². The lowest BCUT2D eigenvalue weighted by Gasteiger charge is -2.10. The molecule has 0 saturated heterocycles. The number of para-hydroxylation sites is 2. The highest BCUT2D eigenvalue weighted by atomic mass is 16.5. The number of amides is 1. The number of hydrogen-bond donors (Lipinski definition) is 2. The maximum absolute atomic E-state index is 13.0. The van der Waals surface area contributed by atoms with Crippen LogP contribution in [0.4, 0.5) is 5.69 Å². The first-order valence-corrected chi connectivity index (χ1v) is 8.67. The van der Waals surface area contributed by atoms with Crippen molar-refractivity contribution in [1.29, 1.82) is 5.26 Å². The number of hydrogen-bond acceptors (Lipinski definition) is 5. The number of imidazole rings is 1. The summed E-state index contributed by atoms with van der Waals surface area (Å²) in [6.45, 7) is 0. The average Bonchev–Trinajstić information content (AvgIpc) is 3.15. The summed E-state index contributed by atoms with van der Waals surface area (Å²) in [5.74, 6) is 0.365. The molecule has 0 aliphatic rings. The molecule has 4 rings (SSSR count). The van der Waals surface area contributed by atoms with E-state index in [0.717, 1.165) is 0 Å². The predicted octanol–water partition coefficient (Wildman–Crippen LogP) is 2.92. The monoisotopic (exact) mass is 388 g/mol. The van der Waals surface area contributed by atoms with Crippen LogP contribution in [-0.2, 0) is 0 Å². The maximum Gasteiger partial charge on any atom is 0.280 e. The van der Waals surface area contributed by atoms with Crippen LogP contribution in [0.15, 0.2) is 53.3 Å². The number of nitrogens with zero attached hydrogens (tertiary/aromatic N) is 2. The highest BCUT2D eigenvalue weighted by Crippen LogP contribution is 2.28. The Labute approximate surface area is 164 Å². The van der Waals surface area contributed by atoms with E-state index in [1.54, 1.807) is 24.3 Å². The molecule has 8 nitrogen and oxygen atoms in total. The van der Waals surface area contributed by atoms with E-state index in [9.17, 15) is 14.9 Å². The number of H-pyrrole nitrogens is 1. The van der Waals surface area contributed by atoms with Crippen molar-refractivity contribution in [3.05, 3.63) is 70.0 Å². The summed E-state index contributed by atoms with van der Waals surface area (Å²) >= 11 is 0. The van der Waals surface area contributed by atoms with E-state index in [1.165, 1.54) is 30.8 Å². The van der Waals surface area contributed by atoms with Crippen LogP contribution in [0.2, 0.25) is 0 Å². The van der Waals surface area contributed by atoms with Crippen molar-refractivity contribution in [2.24, 2.45) is 0 Å². The van der Waals surface area contributed by atoms with Gasteiger partial charge in [0, 0.05) is 5.56 Å². The minimum atomic E-state index is -0.508. The number of nitriles is 1. The highest BCUT2D eigenvalue weighted by Gasteiger charge is 2.17. The zero-order valence-electron chi connectivity index (χ0n) is 15.6. The Balaban J connectivity index is 1.82. The van der Waals surface area contributed by atoms with Gasteiger partial charge in [-0.3, -0.25) is 14.0 Å². The summed E-state index contributed by atoms with van der Waals surface area (Å²) in [7, 11) is 2.97. The number of fused-ring (bicyclic) bond motifs is 3. The second-order valence-electron chi connectivity index (χ2n) is 6.24. The molecule has 0 bridgehead atoms. The summed E-state index contributed by atoms with van der Waals surface area (Å²) in [5, 5.41) is 12.1. The molecule has 0 unspecified atom stereocenters. The first kappa shape index (κ1) is 18.1. The van der Waals surface area contributed by atoms with Crippen molar-refractivity contribution in [2.75, 3.05) is 19.5 Å². The largest absolute Gasteiger partial charge is 0.493 e. The molecular weight excluding hydrogens is 372 g/mol. The molecule has 2 aromatic carbocycles. The van der Waals surface area contributed by atoms with E-state index in [-0.39, 0.29) is 16.8 Å². The smallest absolute Gasteiger partial charge is 0.280 e. The number of methoxy groups -OCH3 is 2. The van der Waals surface area contributed by atoms with E-state index >= 15 is 0 Å². The summed E-state index contributed by atoms with van der Waals surface area (Å²) in [6.07, 6.45) is 0. The van der Waals surface area contributed by atoms with Crippen LogP contribution in [0.25, 0.3) is 16.7 Å². The van der Waals surface area contributed by atoms with Gasteiger partial charge in [-0.05, 0) is 36.4 Å². The molecule has 0 saturated carbocycles. The molecule has 29 heavy (non-hydrogen) atoms. The van der Waals surface area contributed by atoms with Crippen molar-refractivity contribution in [3.63, 3.8) is 0 Å². The van der Waals surface area contributed by atoms with Crippen LogP contribution in [0.3, 0.4) is 0 Å². The number of carbonyl (C=O) groups excluding carboxylic acids is 1. The number of rotatable bonds is 4. The van der Waals surface area contributed by atoms with Crippen LogP contribution in [0.5, 0.6) is 11.5 Å². The van der Waals surface area contributed by atoms with E-state index in [1.807, 2.05) is 12.1 Å². The lowest BCUT2D eigenvalue weighted by atomic mass is 10.1. The zero-order valence-corrected chi connectivity index (χ0v) is 15.6. The Kier molecular flexibility index (Phi) is 4.41. The van der Waals surface area contributed by atoms with Gasteiger partial charge in [-0.25, -0.2) is 0 Å². The fourth-order valence-corrected chi connectivity index (χ4v) is 3.22. The Morgan fingerprint density at radius 2 is 1.86 bits per heavy atom. The number of pyridine rings is 1. The number of carbonyl (C=O) groups is 1. The van der Waals surface area contributed by atoms with Crippen LogP contribution >= 0.6 is 0 Å². The number of aromatic nitrogens is 2. The number of benzene rings is 2. The molecular formula is C21H16N4O4. The van der Waals surface area contributed by atoms with E-state index in [4.69, 9.17) is 9.47 Å². The molecule has 2 heterocycles. The van der Waals surface area contributed by atoms with Crippen molar-refractivity contribution in [1.82, 2.24) is 9.38 Å². The number of aromatic amines is 1. The van der Waals surface area contributed by atoms with Gasteiger partial charge < -0.3 is 19.8 Å². The standard InChI is InChI=1S/C21H16N4O4/c1-28-17-8-7-12(10-18(17)29-2)20(26)24-15-9-13(11-22)19-23-14-5-3-4-6-16(14)25(19)21(15)27/h3-10,23H,1-2H3,(H,24,26). The molecule has 0 fully saturated rings. The molecule has 2 aromatic heterocycles. The fraction of sp³-hybridized carbons (Fsp3) is 0.0952. The Morgan fingerprint density at radius 1 is 1.10 bits per heavy atom. The summed E-state index contributed by atoms with van der Waals surface area (Å²) in [5.41, 5.74) is 1.79. The van der Waals surface area contributed by atoms with Crippen LogP contribution < -0.4 is 20.3 Å². The van der Waals surface area contributed by atoms with Crippen molar-refractivity contribution >= 4 is 28.3 Å². The fourth-order valence-electron chi connectivity index (χ4n) is 3.22. The minimum Gasteiger partial charge on any atom is -0.493 e. The first-order valence-electron chi connectivity index (χ1n) is 8.67. The van der Waals surface area contributed by atoms with Gasteiger partial charge >= 0.3 is 0 Å². The molecule has 4 aromatic rings.